The molecular weight excluding hydrogens is 232 g/mol. The number of anilines is 1. The van der Waals surface area contributed by atoms with Crippen molar-refractivity contribution in [1.29, 1.82) is 0 Å². The molecule has 4 nitrogen and oxygen atoms in total. The Morgan fingerprint density at radius 3 is 2.47 bits per heavy atom. The maximum atomic E-state index is 4.49. The van der Waals surface area contributed by atoms with Crippen molar-refractivity contribution in [1.82, 2.24) is 15.2 Å². The second-order valence-electron chi connectivity index (χ2n) is 4.00. The third kappa shape index (κ3) is 4.50. The lowest BCUT2D eigenvalue weighted by molar-refractivity contribution is 0.799. The van der Waals surface area contributed by atoms with Crippen molar-refractivity contribution in [2.45, 2.75) is 45.3 Å². The van der Waals surface area contributed by atoms with Crippen LogP contribution in [-0.2, 0) is 12.8 Å². The first-order valence-corrected chi connectivity index (χ1v) is 7.49. The molecule has 0 aromatic carbocycles. The van der Waals surface area contributed by atoms with E-state index in [1.54, 1.807) is 0 Å². The molecule has 0 spiro atoms. The van der Waals surface area contributed by atoms with E-state index in [2.05, 4.69) is 47.5 Å². The molecule has 0 saturated carbocycles. The Morgan fingerprint density at radius 1 is 1.18 bits per heavy atom. The van der Waals surface area contributed by atoms with Crippen LogP contribution in [0.1, 0.15) is 38.6 Å². The summed E-state index contributed by atoms with van der Waals surface area (Å²) >= 11 is 1.88. The topological polar surface area (TPSA) is 50.7 Å². The quantitative estimate of drug-likeness (QED) is 0.810. The van der Waals surface area contributed by atoms with Gasteiger partial charge in [0.15, 0.2) is 0 Å². The number of aromatic nitrogens is 3. The molecule has 0 aliphatic carbocycles. The van der Waals surface area contributed by atoms with E-state index in [0.717, 1.165) is 37.2 Å². The van der Waals surface area contributed by atoms with Crippen LogP contribution in [0, 0.1) is 0 Å². The molecule has 0 aliphatic heterocycles. The summed E-state index contributed by atoms with van der Waals surface area (Å²) in [6.45, 7) is 7.31. The van der Waals surface area contributed by atoms with E-state index in [0.29, 0.717) is 11.2 Å². The van der Waals surface area contributed by atoms with Crippen LogP contribution in [0.4, 0.5) is 5.95 Å². The summed E-state index contributed by atoms with van der Waals surface area (Å²) in [4.78, 5) is 4.49. The zero-order valence-electron chi connectivity index (χ0n) is 11.2. The Kier molecular flexibility index (Phi) is 6.26. The van der Waals surface area contributed by atoms with Gasteiger partial charge in [-0.15, -0.1) is 5.10 Å². The lowest BCUT2D eigenvalue weighted by Crippen LogP contribution is -2.13. The molecule has 1 rings (SSSR count). The SMILES string of the molecule is CCc1nnc(NCCC(C)SC)nc1CC. The van der Waals surface area contributed by atoms with Gasteiger partial charge < -0.3 is 5.32 Å². The summed E-state index contributed by atoms with van der Waals surface area (Å²) in [6.07, 6.45) is 5.05. The lowest BCUT2D eigenvalue weighted by atomic mass is 10.2. The third-order valence-electron chi connectivity index (χ3n) is 2.75. The predicted octanol–water partition coefficient (Wildman–Crippen LogP) is 2.55. The smallest absolute Gasteiger partial charge is 0.242 e. The fraction of sp³-hybridized carbons (Fsp3) is 0.750. The van der Waals surface area contributed by atoms with Crippen LogP contribution < -0.4 is 5.32 Å². The molecule has 0 bridgehead atoms. The third-order valence-corrected chi connectivity index (χ3v) is 3.79. The maximum Gasteiger partial charge on any atom is 0.242 e. The zero-order chi connectivity index (χ0) is 12.7. The van der Waals surface area contributed by atoms with E-state index < -0.39 is 0 Å². The number of rotatable bonds is 7. The van der Waals surface area contributed by atoms with E-state index in [1.807, 2.05) is 11.8 Å². The Bertz CT molecular complexity index is 343. The lowest BCUT2D eigenvalue weighted by Gasteiger charge is -2.10. The van der Waals surface area contributed by atoms with Crippen molar-refractivity contribution in [2.24, 2.45) is 0 Å². The number of nitrogens with zero attached hydrogens (tertiary/aromatic N) is 3. The molecule has 5 heteroatoms. The molecule has 1 atom stereocenters. The van der Waals surface area contributed by atoms with E-state index in [9.17, 15) is 0 Å². The molecule has 1 N–H and O–H groups in total. The van der Waals surface area contributed by atoms with Gasteiger partial charge >= 0.3 is 0 Å². The van der Waals surface area contributed by atoms with Gasteiger partial charge in [-0.05, 0) is 25.5 Å². The molecule has 0 aliphatic rings. The van der Waals surface area contributed by atoms with E-state index in [4.69, 9.17) is 0 Å². The molecule has 1 aromatic heterocycles. The molecule has 1 aromatic rings. The first-order valence-electron chi connectivity index (χ1n) is 6.20. The van der Waals surface area contributed by atoms with Crippen LogP contribution in [0.2, 0.25) is 0 Å². The van der Waals surface area contributed by atoms with Crippen LogP contribution in [0.3, 0.4) is 0 Å². The number of aryl methyl sites for hydroxylation is 2. The standard InChI is InChI=1S/C12H22N4S/c1-5-10-11(6-2)15-16-12(14-10)13-8-7-9(3)17-4/h9H,5-8H2,1-4H3,(H,13,14,16). The Balaban J connectivity index is 2.54. The minimum Gasteiger partial charge on any atom is -0.353 e. The van der Waals surface area contributed by atoms with Crippen LogP contribution in [0.5, 0.6) is 0 Å². The largest absolute Gasteiger partial charge is 0.353 e. The van der Waals surface area contributed by atoms with Gasteiger partial charge in [-0.25, -0.2) is 4.98 Å². The average molecular weight is 254 g/mol. The number of hydrogen-bond acceptors (Lipinski definition) is 5. The van der Waals surface area contributed by atoms with Crippen molar-refractivity contribution in [2.75, 3.05) is 18.1 Å². The highest BCUT2D eigenvalue weighted by Crippen LogP contribution is 2.10. The van der Waals surface area contributed by atoms with Crippen LogP contribution >= 0.6 is 11.8 Å². The van der Waals surface area contributed by atoms with E-state index >= 15 is 0 Å². The van der Waals surface area contributed by atoms with Gasteiger partial charge in [0.05, 0.1) is 11.4 Å². The number of hydrogen-bond donors (Lipinski definition) is 1. The molecule has 1 unspecified atom stereocenters. The summed E-state index contributed by atoms with van der Waals surface area (Å²) in [5.74, 6) is 0.660. The first-order chi connectivity index (χ1) is 8.21. The molecule has 0 radical (unpaired) electrons. The van der Waals surface area contributed by atoms with Crippen LogP contribution in [0.15, 0.2) is 0 Å². The summed E-state index contributed by atoms with van der Waals surface area (Å²) in [7, 11) is 0. The summed E-state index contributed by atoms with van der Waals surface area (Å²) < 4.78 is 0. The van der Waals surface area contributed by atoms with Gasteiger partial charge in [0, 0.05) is 11.8 Å². The zero-order valence-corrected chi connectivity index (χ0v) is 12.0. The van der Waals surface area contributed by atoms with Gasteiger partial charge in [0.25, 0.3) is 0 Å². The summed E-state index contributed by atoms with van der Waals surface area (Å²) in [5.41, 5.74) is 2.07. The highest BCUT2D eigenvalue weighted by atomic mass is 32.2. The fourth-order valence-electron chi connectivity index (χ4n) is 1.52. The summed E-state index contributed by atoms with van der Waals surface area (Å²) in [5, 5.41) is 12.2. The van der Waals surface area contributed by atoms with E-state index in [1.165, 1.54) is 0 Å². The minimum atomic E-state index is 0.660. The molecular formula is C12H22N4S. The number of nitrogens with one attached hydrogen (secondary N) is 1. The molecule has 17 heavy (non-hydrogen) atoms. The Hall–Kier alpha value is -0.840. The fourth-order valence-corrected chi connectivity index (χ4v) is 1.87. The Morgan fingerprint density at radius 2 is 1.88 bits per heavy atom. The maximum absolute atomic E-state index is 4.49. The van der Waals surface area contributed by atoms with Gasteiger partial charge in [-0.3, -0.25) is 0 Å². The second kappa shape index (κ2) is 7.48. The van der Waals surface area contributed by atoms with Gasteiger partial charge in [-0.2, -0.15) is 16.9 Å². The molecule has 96 valence electrons. The van der Waals surface area contributed by atoms with Crippen molar-refractivity contribution in [3.8, 4) is 0 Å². The molecule has 0 amide bonds. The van der Waals surface area contributed by atoms with Crippen LogP contribution in [0.25, 0.3) is 0 Å². The second-order valence-corrected chi connectivity index (χ2v) is 5.27. The molecule has 1 heterocycles. The molecule has 0 fully saturated rings. The monoisotopic (exact) mass is 254 g/mol. The average Bonchev–Trinajstić information content (AvgIpc) is 2.38. The highest BCUT2D eigenvalue weighted by Gasteiger charge is 2.06. The van der Waals surface area contributed by atoms with Crippen molar-refractivity contribution in [3.05, 3.63) is 11.4 Å². The minimum absolute atomic E-state index is 0.660. The normalized spacial score (nSPS) is 12.5. The van der Waals surface area contributed by atoms with E-state index in [-0.39, 0.29) is 0 Å². The predicted molar refractivity (Wildman–Crippen MR) is 74.7 cm³/mol. The van der Waals surface area contributed by atoms with Crippen molar-refractivity contribution >= 4 is 17.7 Å². The summed E-state index contributed by atoms with van der Waals surface area (Å²) in [6, 6.07) is 0. The molecule has 0 saturated heterocycles. The first kappa shape index (κ1) is 14.2. The van der Waals surface area contributed by atoms with Crippen LogP contribution in [-0.4, -0.2) is 33.2 Å². The van der Waals surface area contributed by atoms with Gasteiger partial charge in [-0.1, -0.05) is 20.8 Å². The van der Waals surface area contributed by atoms with Crippen molar-refractivity contribution < 1.29 is 0 Å². The van der Waals surface area contributed by atoms with Gasteiger partial charge in [0.2, 0.25) is 5.95 Å². The van der Waals surface area contributed by atoms with Gasteiger partial charge in [0.1, 0.15) is 0 Å². The highest BCUT2D eigenvalue weighted by molar-refractivity contribution is 7.99. The van der Waals surface area contributed by atoms with Crippen molar-refractivity contribution in [3.63, 3.8) is 0 Å². The Labute approximate surface area is 108 Å². The number of thioether (sulfide) groups is 1.